The SMILES string of the molecule is Cc1nccc(C(=O)Nc2ccn([C@@H]3O[C@H](CO[PH](=O)N[C@@H](C)C(=O)OC(C)C)[C@@H](O)[C@H]3F)c(=O)n2)n1. The third kappa shape index (κ3) is 7.46. The van der Waals surface area contributed by atoms with E-state index >= 15 is 0 Å². The molecule has 2 aromatic rings. The molecule has 1 amide bonds. The number of rotatable bonds is 10. The highest BCUT2D eigenvalue weighted by atomic mass is 31.1. The lowest BCUT2D eigenvalue weighted by Crippen LogP contribution is -2.34. The average Bonchev–Trinajstić information content (AvgIpc) is 3.10. The second-order valence-electron chi connectivity index (χ2n) is 8.40. The number of aromatic nitrogens is 4. The Kier molecular flexibility index (Phi) is 9.56. The molecule has 0 aromatic carbocycles. The smallest absolute Gasteiger partial charge is 0.351 e. The molecule has 3 N–H and O–H groups in total. The van der Waals surface area contributed by atoms with Gasteiger partial charge in [-0.15, -0.1) is 0 Å². The van der Waals surface area contributed by atoms with Crippen molar-refractivity contribution in [3.8, 4) is 0 Å². The summed E-state index contributed by atoms with van der Waals surface area (Å²) < 4.78 is 43.3. The van der Waals surface area contributed by atoms with E-state index in [4.69, 9.17) is 14.0 Å². The highest BCUT2D eigenvalue weighted by Crippen LogP contribution is 2.32. The summed E-state index contributed by atoms with van der Waals surface area (Å²) in [6.45, 7) is 5.89. The molecule has 6 atom stereocenters. The van der Waals surface area contributed by atoms with Gasteiger partial charge < -0.3 is 24.4 Å². The zero-order valence-electron chi connectivity index (χ0n) is 20.5. The Morgan fingerprint density at radius 2 is 2.03 bits per heavy atom. The number of halogens is 1. The van der Waals surface area contributed by atoms with Crippen LogP contribution in [0.1, 0.15) is 43.3 Å². The van der Waals surface area contributed by atoms with E-state index in [-0.39, 0.29) is 17.6 Å². The summed E-state index contributed by atoms with van der Waals surface area (Å²) in [7, 11) is -2.97. The van der Waals surface area contributed by atoms with Crippen LogP contribution in [-0.2, 0) is 23.4 Å². The largest absolute Gasteiger partial charge is 0.462 e. The summed E-state index contributed by atoms with van der Waals surface area (Å²) >= 11 is 0. The molecule has 0 radical (unpaired) electrons. The van der Waals surface area contributed by atoms with Crippen LogP contribution in [0.5, 0.6) is 0 Å². The fraction of sp³-hybridized carbons (Fsp3) is 0.524. The minimum atomic E-state index is -2.97. The second-order valence-corrected chi connectivity index (χ2v) is 9.55. The van der Waals surface area contributed by atoms with E-state index in [9.17, 15) is 28.4 Å². The van der Waals surface area contributed by atoms with Gasteiger partial charge in [0.1, 0.15) is 35.6 Å². The van der Waals surface area contributed by atoms with Gasteiger partial charge in [-0.3, -0.25) is 18.7 Å². The summed E-state index contributed by atoms with van der Waals surface area (Å²) in [5, 5.41) is 15.1. The number of esters is 1. The van der Waals surface area contributed by atoms with Crippen molar-refractivity contribution in [3.63, 3.8) is 0 Å². The van der Waals surface area contributed by atoms with E-state index in [1.54, 1.807) is 20.8 Å². The predicted molar refractivity (Wildman–Crippen MR) is 127 cm³/mol. The van der Waals surface area contributed by atoms with Gasteiger partial charge >= 0.3 is 11.7 Å². The monoisotopic (exact) mass is 542 g/mol. The Morgan fingerprint density at radius 1 is 1.30 bits per heavy atom. The van der Waals surface area contributed by atoms with E-state index in [0.717, 1.165) is 10.8 Å². The van der Waals surface area contributed by atoms with Gasteiger partial charge in [-0.25, -0.2) is 24.2 Å². The molecule has 1 saturated heterocycles. The van der Waals surface area contributed by atoms with Gasteiger partial charge in [-0.1, -0.05) is 0 Å². The van der Waals surface area contributed by atoms with Gasteiger partial charge in [-0.05, 0) is 39.8 Å². The van der Waals surface area contributed by atoms with Crippen LogP contribution in [0.3, 0.4) is 0 Å². The number of carbonyl (C=O) groups excluding carboxylic acids is 2. The zero-order chi connectivity index (χ0) is 27.3. The van der Waals surface area contributed by atoms with E-state index < -0.39 is 63.0 Å². The Balaban J connectivity index is 1.59. The van der Waals surface area contributed by atoms with Crippen LogP contribution < -0.4 is 16.1 Å². The van der Waals surface area contributed by atoms with Crippen molar-refractivity contribution in [2.24, 2.45) is 0 Å². The first kappa shape index (κ1) is 28.5. The number of nitrogens with zero attached hydrogens (tertiary/aromatic N) is 4. The number of hydrogen-bond donors (Lipinski definition) is 3. The summed E-state index contributed by atoms with van der Waals surface area (Å²) in [6, 6.07) is 1.71. The van der Waals surface area contributed by atoms with Crippen LogP contribution in [0.2, 0.25) is 0 Å². The van der Waals surface area contributed by atoms with Crippen LogP contribution in [0.25, 0.3) is 0 Å². The highest BCUT2D eigenvalue weighted by molar-refractivity contribution is 7.36. The van der Waals surface area contributed by atoms with Gasteiger partial charge in [0.15, 0.2) is 12.4 Å². The molecule has 1 unspecified atom stereocenters. The van der Waals surface area contributed by atoms with Crippen molar-refractivity contribution in [3.05, 3.63) is 46.5 Å². The Hall–Kier alpha value is -3.10. The molecule has 16 heteroatoms. The fourth-order valence-corrected chi connectivity index (χ4v) is 4.14. The van der Waals surface area contributed by atoms with Crippen LogP contribution in [0, 0.1) is 6.92 Å². The number of anilines is 1. The molecule has 2 aromatic heterocycles. The molecular weight excluding hydrogens is 514 g/mol. The normalized spacial score (nSPS) is 23.0. The Morgan fingerprint density at radius 3 is 2.68 bits per heavy atom. The van der Waals surface area contributed by atoms with E-state index in [1.807, 2.05) is 0 Å². The first-order valence-electron chi connectivity index (χ1n) is 11.3. The molecule has 0 saturated carbocycles. The van der Waals surface area contributed by atoms with Crippen LogP contribution in [0.15, 0.2) is 29.3 Å². The Labute approximate surface area is 211 Å². The number of alkyl halides is 1. The molecule has 0 bridgehead atoms. The number of aryl methyl sites for hydroxylation is 1. The zero-order valence-corrected chi connectivity index (χ0v) is 21.5. The Bertz CT molecular complexity index is 1210. The first-order valence-corrected chi connectivity index (χ1v) is 12.6. The number of ether oxygens (including phenoxy) is 2. The van der Waals surface area contributed by atoms with E-state index in [2.05, 4.69) is 25.4 Å². The number of aliphatic hydroxyl groups excluding tert-OH is 1. The van der Waals surface area contributed by atoms with Crippen LogP contribution >= 0.6 is 8.18 Å². The molecule has 202 valence electrons. The number of amides is 1. The molecule has 3 heterocycles. The van der Waals surface area contributed by atoms with Gasteiger partial charge in [0.2, 0.25) is 0 Å². The predicted octanol–water partition coefficient (Wildman–Crippen LogP) is 0.526. The molecular formula is C21H28FN6O8P. The van der Waals surface area contributed by atoms with Crippen LogP contribution in [0.4, 0.5) is 10.2 Å². The second kappa shape index (κ2) is 12.4. The number of hydrogen-bond acceptors (Lipinski definition) is 11. The molecule has 0 spiro atoms. The standard InChI is InChI=1S/C21H28FN6O8P/c1-10(2)35-20(31)11(3)27-37(33)34-9-14-17(29)16(22)19(36-14)28-8-6-15(26-21(28)32)25-18(30)13-5-7-23-12(4)24-13/h5-8,10-11,14,16-17,19,29,37H,9H2,1-4H3,(H,27,33)(H,25,26,30,32)/t11-,14+,16+,17+,19+/m0/s1. The van der Waals surface area contributed by atoms with Crippen molar-refractivity contribution < 1.29 is 37.6 Å². The third-order valence-electron chi connectivity index (χ3n) is 5.07. The number of nitrogens with one attached hydrogen (secondary N) is 2. The minimum Gasteiger partial charge on any atom is -0.462 e. The summed E-state index contributed by atoms with van der Waals surface area (Å²) in [4.78, 5) is 48.2. The van der Waals surface area contributed by atoms with Crippen LogP contribution in [-0.4, -0.2) is 73.6 Å². The molecule has 1 aliphatic rings. The molecule has 1 aliphatic heterocycles. The minimum absolute atomic E-state index is 0.0624. The number of aliphatic hydroxyl groups is 1. The van der Waals surface area contributed by atoms with Gasteiger partial charge in [0.05, 0.1) is 12.7 Å². The molecule has 14 nitrogen and oxygen atoms in total. The first-order chi connectivity index (χ1) is 17.5. The molecule has 0 aliphatic carbocycles. The average molecular weight is 542 g/mol. The molecule has 1 fully saturated rings. The van der Waals surface area contributed by atoms with E-state index in [0.29, 0.717) is 5.82 Å². The lowest BCUT2D eigenvalue weighted by molar-refractivity contribution is -0.149. The summed E-state index contributed by atoms with van der Waals surface area (Å²) in [5.74, 6) is -0.980. The molecule has 3 rings (SSSR count). The van der Waals surface area contributed by atoms with Gasteiger partial charge in [0, 0.05) is 12.4 Å². The third-order valence-corrected chi connectivity index (χ3v) is 6.16. The summed E-state index contributed by atoms with van der Waals surface area (Å²) in [6.07, 6.45) is -4.35. The van der Waals surface area contributed by atoms with Crippen molar-refractivity contribution >= 4 is 25.9 Å². The maximum absolute atomic E-state index is 14.8. The highest BCUT2D eigenvalue weighted by Gasteiger charge is 2.46. The van der Waals surface area contributed by atoms with Crippen molar-refractivity contribution in [1.29, 1.82) is 0 Å². The van der Waals surface area contributed by atoms with Gasteiger partial charge in [-0.2, -0.15) is 4.98 Å². The fourth-order valence-electron chi connectivity index (χ4n) is 3.27. The van der Waals surface area contributed by atoms with E-state index in [1.165, 1.54) is 25.3 Å². The number of carbonyl (C=O) groups is 2. The maximum Gasteiger partial charge on any atom is 0.351 e. The lowest BCUT2D eigenvalue weighted by Gasteiger charge is -2.18. The summed E-state index contributed by atoms with van der Waals surface area (Å²) in [5.41, 5.74) is -0.891. The molecule has 37 heavy (non-hydrogen) atoms. The van der Waals surface area contributed by atoms with Crippen molar-refractivity contribution in [2.45, 2.75) is 64.4 Å². The van der Waals surface area contributed by atoms with Crippen molar-refractivity contribution in [2.75, 3.05) is 11.9 Å². The lowest BCUT2D eigenvalue weighted by atomic mass is 10.1. The quantitative estimate of drug-likeness (QED) is 0.280. The topological polar surface area (TPSA) is 184 Å². The maximum atomic E-state index is 14.8. The van der Waals surface area contributed by atoms with Gasteiger partial charge in [0.25, 0.3) is 14.1 Å². The van der Waals surface area contributed by atoms with Crippen molar-refractivity contribution in [1.82, 2.24) is 24.6 Å².